The molecule has 0 aliphatic rings. The predicted octanol–water partition coefficient (Wildman–Crippen LogP) is 1.20. The van der Waals surface area contributed by atoms with Crippen LogP contribution in [0.4, 0.5) is 11.4 Å². The fourth-order valence-electron chi connectivity index (χ4n) is 1.55. The van der Waals surface area contributed by atoms with Gasteiger partial charge in [0.2, 0.25) is 0 Å². The highest BCUT2D eigenvalue weighted by atomic mass is 16.2. The summed E-state index contributed by atoms with van der Waals surface area (Å²) < 4.78 is 0. The third-order valence-electron chi connectivity index (χ3n) is 2.76. The molecule has 0 saturated carbocycles. The highest BCUT2D eigenvalue weighted by molar-refractivity contribution is 5.74. The quantitative estimate of drug-likeness (QED) is 0.738. The molecule has 0 heterocycles. The minimum atomic E-state index is -0.376. The Balaban J connectivity index is 2.70. The first-order chi connectivity index (χ1) is 7.49. The molecule has 0 aromatic heterocycles. The lowest BCUT2D eigenvalue weighted by molar-refractivity contribution is 0.607. The van der Waals surface area contributed by atoms with Gasteiger partial charge < -0.3 is 10.2 Å². The second-order valence-corrected chi connectivity index (χ2v) is 4.51. The highest BCUT2D eigenvalue weighted by Gasteiger charge is 2.22. The smallest absolute Gasteiger partial charge is 0.253 e. The van der Waals surface area contributed by atoms with E-state index in [1.807, 2.05) is 14.0 Å². The zero-order valence-corrected chi connectivity index (χ0v) is 10.5. The third kappa shape index (κ3) is 2.43. The Hall–Kier alpha value is -1.32. The van der Waals surface area contributed by atoms with Gasteiger partial charge >= 0.3 is 0 Å². The normalized spacial score (nSPS) is 11.1. The minimum Gasteiger partial charge on any atom is -0.380 e. The molecule has 0 spiro atoms. The average molecular weight is 224 g/mol. The van der Waals surface area contributed by atoms with E-state index in [1.54, 1.807) is 4.90 Å². The summed E-state index contributed by atoms with van der Waals surface area (Å²) in [4.78, 5) is 24.6. The summed E-state index contributed by atoms with van der Waals surface area (Å²) in [6.45, 7) is 7.68. The van der Waals surface area contributed by atoms with Crippen molar-refractivity contribution in [3.63, 3.8) is 0 Å². The topological polar surface area (TPSA) is 49.4 Å². The average Bonchev–Trinajstić information content (AvgIpc) is 2.26. The number of anilines is 2. The van der Waals surface area contributed by atoms with Crippen molar-refractivity contribution in [3.8, 4) is 0 Å². The SMILES string of the molecule is CCN(C)c1c(NCCC(C)C)c(=O)c1=O. The van der Waals surface area contributed by atoms with E-state index in [0.29, 0.717) is 17.3 Å². The van der Waals surface area contributed by atoms with Gasteiger partial charge in [-0.3, -0.25) is 9.59 Å². The molecule has 0 saturated heterocycles. The summed E-state index contributed by atoms with van der Waals surface area (Å²) in [6, 6.07) is 0. The van der Waals surface area contributed by atoms with Crippen LogP contribution in [-0.4, -0.2) is 20.1 Å². The summed E-state index contributed by atoms with van der Waals surface area (Å²) in [5.74, 6) is 0.589. The first-order valence-corrected chi connectivity index (χ1v) is 5.77. The van der Waals surface area contributed by atoms with Gasteiger partial charge in [0.05, 0.1) is 0 Å². The van der Waals surface area contributed by atoms with E-state index in [0.717, 1.165) is 19.5 Å². The first-order valence-electron chi connectivity index (χ1n) is 5.77. The second kappa shape index (κ2) is 5.14. The van der Waals surface area contributed by atoms with Crippen molar-refractivity contribution in [1.29, 1.82) is 0 Å². The zero-order chi connectivity index (χ0) is 12.3. The van der Waals surface area contributed by atoms with Crippen molar-refractivity contribution in [2.75, 3.05) is 30.4 Å². The molecular weight excluding hydrogens is 204 g/mol. The minimum absolute atomic E-state index is 0.364. The Morgan fingerprint density at radius 3 is 2.38 bits per heavy atom. The molecule has 0 bridgehead atoms. The molecule has 1 rings (SSSR count). The monoisotopic (exact) mass is 224 g/mol. The molecule has 4 heteroatoms. The van der Waals surface area contributed by atoms with Crippen LogP contribution in [0.1, 0.15) is 27.2 Å². The lowest BCUT2D eigenvalue weighted by Crippen LogP contribution is -2.41. The van der Waals surface area contributed by atoms with E-state index in [9.17, 15) is 9.59 Å². The van der Waals surface area contributed by atoms with Crippen molar-refractivity contribution in [2.45, 2.75) is 27.2 Å². The summed E-state index contributed by atoms with van der Waals surface area (Å²) in [6.07, 6.45) is 0.994. The standard InChI is InChI=1S/C12H20N2O2/c1-5-14(4)10-9(11(15)12(10)16)13-7-6-8(2)3/h8,13H,5-7H2,1-4H3. The zero-order valence-electron chi connectivity index (χ0n) is 10.5. The van der Waals surface area contributed by atoms with Crippen LogP contribution < -0.4 is 21.1 Å². The number of nitrogens with one attached hydrogen (secondary N) is 1. The molecule has 4 nitrogen and oxygen atoms in total. The molecule has 0 radical (unpaired) electrons. The van der Waals surface area contributed by atoms with Crippen molar-refractivity contribution < 1.29 is 0 Å². The molecule has 1 N–H and O–H groups in total. The first kappa shape index (κ1) is 12.7. The van der Waals surface area contributed by atoms with Gasteiger partial charge in [-0.05, 0) is 19.3 Å². The molecule has 1 aromatic rings. The third-order valence-corrected chi connectivity index (χ3v) is 2.76. The van der Waals surface area contributed by atoms with Crippen molar-refractivity contribution >= 4 is 11.4 Å². The molecule has 90 valence electrons. The number of hydrogen-bond acceptors (Lipinski definition) is 4. The maximum atomic E-state index is 11.4. The van der Waals surface area contributed by atoms with Crippen molar-refractivity contribution in [2.24, 2.45) is 5.92 Å². The van der Waals surface area contributed by atoms with Gasteiger partial charge in [0.15, 0.2) is 0 Å². The molecule has 0 atom stereocenters. The van der Waals surface area contributed by atoms with E-state index in [1.165, 1.54) is 0 Å². The maximum Gasteiger partial charge on any atom is 0.253 e. The Labute approximate surface area is 96.0 Å². The van der Waals surface area contributed by atoms with Crippen LogP contribution in [-0.2, 0) is 0 Å². The van der Waals surface area contributed by atoms with Gasteiger partial charge in [-0.25, -0.2) is 0 Å². The van der Waals surface area contributed by atoms with Gasteiger partial charge in [-0.2, -0.15) is 0 Å². The molecule has 16 heavy (non-hydrogen) atoms. The lowest BCUT2D eigenvalue weighted by atomic mass is 10.1. The molecule has 1 aromatic carbocycles. The van der Waals surface area contributed by atoms with Crippen LogP contribution in [0.2, 0.25) is 0 Å². The van der Waals surface area contributed by atoms with Crippen molar-refractivity contribution in [1.82, 2.24) is 0 Å². The summed E-state index contributed by atoms with van der Waals surface area (Å²) in [5.41, 5.74) is 0.293. The molecular formula is C12H20N2O2. The number of hydrogen-bond donors (Lipinski definition) is 1. The van der Waals surface area contributed by atoms with Crippen molar-refractivity contribution in [3.05, 3.63) is 20.4 Å². The molecule has 0 unspecified atom stereocenters. The predicted molar refractivity (Wildman–Crippen MR) is 68.2 cm³/mol. The Kier molecular flexibility index (Phi) is 4.10. The van der Waals surface area contributed by atoms with Crippen LogP contribution >= 0.6 is 0 Å². The van der Waals surface area contributed by atoms with Gasteiger partial charge in [-0.15, -0.1) is 0 Å². The molecule has 0 aliphatic carbocycles. The van der Waals surface area contributed by atoms with E-state index < -0.39 is 0 Å². The van der Waals surface area contributed by atoms with Crippen LogP contribution in [0.5, 0.6) is 0 Å². The molecule has 0 aliphatic heterocycles. The van der Waals surface area contributed by atoms with Gasteiger partial charge in [0, 0.05) is 20.1 Å². The Bertz CT molecular complexity index is 417. The van der Waals surface area contributed by atoms with Gasteiger partial charge in [0.1, 0.15) is 11.4 Å². The largest absolute Gasteiger partial charge is 0.380 e. The fourth-order valence-corrected chi connectivity index (χ4v) is 1.55. The fraction of sp³-hybridized carbons (Fsp3) is 0.667. The Morgan fingerprint density at radius 2 is 1.88 bits per heavy atom. The van der Waals surface area contributed by atoms with Gasteiger partial charge in [-0.1, -0.05) is 13.8 Å². The highest BCUT2D eigenvalue weighted by Crippen LogP contribution is 2.18. The van der Waals surface area contributed by atoms with E-state index in [-0.39, 0.29) is 10.9 Å². The summed E-state index contributed by atoms with van der Waals surface area (Å²) in [5, 5.41) is 3.06. The second-order valence-electron chi connectivity index (χ2n) is 4.51. The van der Waals surface area contributed by atoms with Crippen LogP contribution in [0.3, 0.4) is 0 Å². The van der Waals surface area contributed by atoms with E-state index in [4.69, 9.17) is 0 Å². The van der Waals surface area contributed by atoms with E-state index in [2.05, 4.69) is 19.2 Å². The molecule has 0 amide bonds. The number of rotatable bonds is 6. The van der Waals surface area contributed by atoms with Crippen LogP contribution in [0.15, 0.2) is 9.59 Å². The van der Waals surface area contributed by atoms with Crippen LogP contribution in [0, 0.1) is 5.92 Å². The summed E-state index contributed by atoms with van der Waals surface area (Å²) >= 11 is 0. The Morgan fingerprint density at radius 1 is 1.25 bits per heavy atom. The molecule has 0 fully saturated rings. The maximum absolute atomic E-state index is 11.4. The van der Waals surface area contributed by atoms with E-state index >= 15 is 0 Å². The number of nitrogens with zero attached hydrogens (tertiary/aromatic N) is 1. The summed E-state index contributed by atoms with van der Waals surface area (Å²) in [7, 11) is 1.82. The van der Waals surface area contributed by atoms with Crippen LogP contribution in [0.25, 0.3) is 0 Å². The van der Waals surface area contributed by atoms with Gasteiger partial charge in [0.25, 0.3) is 10.9 Å². The lowest BCUT2D eigenvalue weighted by Gasteiger charge is -2.22.